The number of pyridine rings is 1. The number of benzene rings is 1. The summed E-state index contributed by atoms with van der Waals surface area (Å²) in [7, 11) is 0. The summed E-state index contributed by atoms with van der Waals surface area (Å²) in [6.07, 6.45) is 4.45. The third-order valence-corrected chi connectivity index (χ3v) is 3.85. The van der Waals surface area contributed by atoms with Crippen LogP contribution in [0.15, 0.2) is 42.7 Å². The molecule has 4 rings (SSSR count). The van der Waals surface area contributed by atoms with Crippen LogP contribution in [0.2, 0.25) is 0 Å². The Morgan fingerprint density at radius 3 is 2.88 bits per heavy atom. The molecule has 0 fully saturated rings. The Labute approximate surface area is 139 Å². The standard InChI is InChI=1S/C18H17N3O3/c1-12-5-6-21-11-14(20-17(21)9-12)18(22)19-13-3-4-15-16(10-13)24-8-2-7-23-15/h3-6,9-11H,2,7-8H2,1H3,(H,19,22). The highest BCUT2D eigenvalue weighted by molar-refractivity contribution is 6.03. The smallest absolute Gasteiger partial charge is 0.275 e. The van der Waals surface area contributed by atoms with Crippen molar-refractivity contribution < 1.29 is 14.3 Å². The van der Waals surface area contributed by atoms with Crippen LogP contribution < -0.4 is 14.8 Å². The van der Waals surface area contributed by atoms with Crippen molar-refractivity contribution in [3.8, 4) is 11.5 Å². The van der Waals surface area contributed by atoms with Crippen LogP contribution in [0, 0.1) is 6.92 Å². The van der Waals surface area contributed by atoms with E-state index in [-0.39, 0.29) is 5.91 Å². The fourth-order valence-electron chi connectivity index (χ4n) is 2.63. The Morgan fingerprint density at radius 1 is 1.17 bits per heavy atom. The van der Waals surface area contributed by atoms with Crippen molar-refractivity contribution >= 4 is 17.2 Å². The lowest BCUT2D eigenvalue weighted by Gasteiger charge is -2.09. The van der Waals surface area contributed by atoms with Crippen LogP contribution in [0.25, 0.3) is 5.65 Å². The zero-order valence-corrected chi connectivity index (χ0v) is 13.3. The van der Waals surface area contributed by atoms with Gasteiger partial charge in [-0.05, 0) is 36.8 Å². The topological polar surface area (TPSA) is 64.9 Å². The first-order valence-electron chi connectivity index (χ1n) is 7.85. The molecule has 0 radical (unpaired) electrons. The van der Waals surface area contributed by atoms with Crippen LogP contribution in [0.3, 0.4) is 0 Å². The predicted octanol–water partition coefficient (Wildman–Crippen LogP) is 3.06. The minimum absolute atomic E-state index is 0.258. The summed E-state index contributed by atoms with van der Waals surface area (Å²) in [4.78, 5) is 16.8. The fourth-order valence-corrected chi connectivity index (χ4v) is 2.63. The molecule has 122 valence electrons. The van der Waals surface area contributed by atoms with Crippen LogP contribution in [-0.2, 0) is 0 Å². The maximum absolute atomic E-state index is 12.4. The minimum Gasteiger partial charge on any atom is -0.490 e. The van der Waals surface area contributed by atoms with Gasteiger partial charge in [-0.1, -0.05) is 0 Å². The molecule has 1 aliphatic heterocycles. The summed E-state index contributed by atoms with van der Waals surface area (Å²) in [5, 5.41) is 2.85. The monoisotopic (exact) mass is 323 g/mol. The van der Waals surface area contributed by atoms with Gasteiger partial charge in [-0.3, -0.25) is 4.79 Å². The Bertz CT molecular complexity index is 917. The summed E-state index contributed by atoms with van der Waals surface area (Å²) < 4.78 is 13.1. The van der Waals surface area contributed by atoms with Gasteiger partial charge < -0.3 is 19.2 Å². The zero-order valence-electron chi connectivity index (χ0n) is 13.3. The van der Waals surface area contributed by atoms with Crippen molar-refractivity contribution in [2.24, 2.45) is 0 Å². The second kappa shape index (κ2) is 5.88. The highest BCUT2D eigenvalue weighted by Gasteiger charge is 2.14. The molecule has 0 aliphatic carbocycles. The van der Waals surface area contributed by atoms with Gasteiger partial charge in [0.15, 0.2) is 11.5 Å². The van der Waals surface area contributed by atoms with Crippen molar-refractivity contribution in [3.05, 3.63) is 54.0 Å². The van der Waals surface area contributed by atoms with Crippen LogP contribution in [0.4, 0.5) is 5.69 Å². The number of aryl methyl sites for hydroxylation is 1. The molecular weight excluding hydrogens is 306 g/mol. The molecule has 24 heavy (non-hydrogen) atoms. The van der Waals surface area contributed by atoms with Crippen LogP contribution in [-0.4, -0.2) is 28.5 Å². The number of imidazole rings is 1. The average Bonchev–Trinajstić information content (AvgIpc) is 2.85. The summed E-state index contributed by atoms with van der Waals surface area (Å²) in [6.45, 7) is 3.24. The van der Waals surface area contributed by atoms with Crippen molar-refractivity contribution in [2.45, 2.75) is 13.3 Å². The number of aromatic nitrogens is 2. The predicted molar refractivity (Wildman–Crippen MR) is 89.9 cm³/mol. The van der Waals surface area contributed by atoms with Gasteiger partial charge in [0.05, 0.1) is 13.2 Å². The number of fused-ring (bicyclic) bond motifs is 2. The molecular formula is C18H17N3O3. The maximum atomic E-state index is 12.4. The number of hydrogen-bond acceptors (Lipinski definition) is 4. The lowest BCUT2D eigenvalue weighted by atomic mass is 10.2. The van der Waals surface area contributed by atoms with Crippen molar-refractivity contribution in [3.63, 3.8) is 0 Å². The summed E-state index contributed by atoms with van der Waals surface area (Å²) >= 11 is 0. The van der Waals surface area contributed by atoms with Crippen LogP contribution in [0.5, 0.6) is 11.5 Å². The third kappa shape index (κ3) is 2.78. The van der Waals surface area contributed by atoms with Gasteiger partial charge in [0, 0.05) is 30.6 Å². The summed E-state index contributed by atoms with van der Waals surface area (Å²) in [5.41, 5.74) is 2.87. The minimum atomic E-state index is -0.258. The number of anilines is 1. The molecule has 1 aliphatic rings. The van der Waals surface area contributed by atoms with E-state index in [4.69, 9.17) is 9.47 Å². The van der Waals surface area contributed by atoms with Gasteiger partial charge in [-0.2, -0.15) is 0 Å². The molecule has 0 spiro atoms. The van der Waals surface area contributed by atoms with E-state index < -0.39 is 0 Å². The van der Waals surface area contributed by atoms with E-state index in [2.05, 4.69) is 10.3 Å². The SMILES string of the molecule is Cc1ccn2cc(C(=O)Nc3ccc4c(c3)OCCCO4)nc2c1. The van der Waals surface area contributed by atoms with E-state index in [0.29, 0.717) is 36.1 Å². The first-order chi connectivity index (χ1) is 11.7. The molecule has 6 heteroatoms. The van der Waals surface area contributed by atoms with Gasteiger partial charge in [0.1, 0.15) is 11.3 Å². The summed E-state index contributed by atoms with van der Waals surface area (Å²) in [6, 6.07) is 9.29. The second-order valence-corrected chi connectivity index (χ2v) is 5.76. The van der Waals surface area contributed by atoms with Gasteiger partial charge >= 0.3 is 0 Å². The lowest BCUT2D eigenvalue weighted by molar-refractivity contribution is 0.102. The molecule has 0 bridgehead atoms. The molecule has 1 N–H and O–H groups in total. The molecule has 3 heterocycles. The molecule has 0 unspecified atom stereocenters. The summed E-state index contributed by atoms with van der Waals surface area (Å²) in [5.74, 6) is 1.09. The molecule has 0 atom stereocenters. The van der Waals surface area contributed by atoms with Crippen molar-refractivity contribution in [1.29, 1.82) is 0 Å². The highest BCUT2D eigenvalue weighted by atomic mass is 16.5. The van der Waals surface area contributed by atoms with Crippen LogP contribution >= 0.6 is 0 Å². The maximum Gasteiger partial charge on any atom is 0.275 e. The zero-order chi connectivity index (χ0) is 16.5. The first-order valence-corrected chi connectivity index (χ1v) is 7.85. The number of nitrogens with one attached hydrogen (secondary N) is 1. The van der Waals surface area contributed by atoms with Crippen LogP contribution in [0.1, 0.15) is 22.5 Å². The van der Waals surface area contributed by atoms with E-state index in [1.165, 1.54) is 0 Å². The largest absolute Gasteiger partial charge is 0.490 e. The number of amides is 1. The first kappa shape index (κ1) is 14.6. The number of hydrogen-bond donors (Lipinski definition) is 1. The second-order valence-electron chi connectivity index (χ2n) is 5.76. The molecule has 6 nitrogen and oxygen atoms in total. The Hall–Kier alpha value is -3.02. The molecule has 0 saturated heterocycles. The lowest BCUT2D eigenvalue weighted by Crippen LogP contribution is -2.12. The van der Waals surface area contributed by atoms with Crippen molar-refractivity contribution in [2.75, 3.05) is 18.5 Å². The fraction of sp³-hybridized carbons (Fsp3) is 0.222. The number of carbonyl (C=O) groups is 1. The Morgan fingerprint density at radius 2 is 2.00 bits per heavy atom. The molecule has 1 aromatic carbocycles. The normalized spacial score (nSPS) is 13.5. The number of carbonyl (C=O) groups excluding carboxylic acids is 1. The van der Waals surface area contributed by atoms with E-state index in [1.807, 2.05) is 35.7 Å². The van der Waals surface area contributed by atoms with Gasteiger partial charge in [0.2, 0.25) is 0 Å². The van der Waals surface area contributed by atoms with Gasteiger partial charge in [-0.15, -0.1) is 0 Å². The Kier molecular flexibility index (Phi) is 3.57. The van der Waals surface area contributed by atoms with Gasteiger partial charge in [0.25, 0.3) is 5.91 Å². The number of nitrogens with zero attached hydrogens (tertiary/aromatic N) is 2. The number of rotatable bonds is 2. The van der Waals surface area contributed by atoms with E-state index in [1.54, 1.807) is 18.3 Å². The third-order valence-electron chi connectivity index (χ3n) is 3.85. The van der Waals surface area contributed by atoms with Gasteiger partial charge in [-0.25, -0.2) is 4.98 Å². The van der Waals surface area contributed by atoms with E-state index >= 15 is 0 Å². The quantitative estimate of drug-likeness (QED) is 0.787. The molecule has 1 amide bonds. The Balaban J connectivity index is 1.57. The molecule has 2 aromatic heterocycles. The molecule has 0 saturated carbocycles. The van der Waals surface area contributed by atoms with Crippen molar-refractivity contribution in [1.82, 2.24) is 9.38 Å². The number of ether oxygens (including phenoxy) is 2. The average molecular weight is 323 g/mol. The van der Waals surface area contributed by atoms with E-state index in [9.17, 15) is 4.79 Å². The van der Waals surface area contributed by atoms with E-state index in [0.717, 1.165) is 17.6 Å². The highest BCUT2D eigenvalue weighted by Crippen LogP contribution is 2.32. The molecule has 3 aromatic rings.